The number of carbonyl (C=O) groups excluding carboxylic acids is 1. The van der Waals surface area contributed by atoms with Gasteiger partial charge in [0.1, 0.15) is 5.82 Å². The van der Waals surface area contributed by atoms with Gasteiger partial charge in [-0.15, -0.1) is 0 Å². The molecular weight excluding hydrogens is 200 g/mol. The maximum absolute atomic E-state index is 11.1. The number of nitrogens with zero attached hydrogens (tertiary/aromatic N) is 2. The Hall–Kier alpha value is -2.11. The first-order valence-electron chi connectivity index (χ1n) is 4.07. The molecule has 0 aliphatic heterocycles. The first-order valence-corrected chi connectivity index (χ1v) is 4.07. The van der Waals surface area contributed by atoms with Gasteiger partial charge in [0.2, 0.25) is 0 Å². The summed E-state index contributed by atoms with van der Waals surface area (Å²) < 4.78 is 4.47. The second kappa shape index (κ2) is 4.41. The van der Waals surface area contributed by atoms with Crippen molar-refractivity contribution >= 4 is 17.9 Å². The lowest BCUT2D eigenvalue weighted by Crippen LogP contribution is -2.26. The molecule has 0 aliphatic rings. The normalized spacial score (nSPS) is 9.47. The Kier molecular flexibility index (Phi) is 3.22. The van der Waals surface area contributed by atoms with E-state index in [-0.39, 0.29) is 11.4 Å². The summed E-state index contributed by atoms with van der Waals surface area (Å²) in [4.78, 5) is 26.7. The molecule has 15 heavy (non-hydrogen) atoms. The third-order valence-corrected chi connectivity index (χ3v) is 1.78. The Bertz CT molecular complexity index is 391. The minimum Gasteiger partial charge on any atom is -0.478 e. The van der Waals surface area contributed by atoms with Crippen LogP contribution in [0.1, 0.15) is 10.4 Å². The Morgan fingerprint density at radius 3 is 2.73 bits per heavy atom. The predicted octanol–water partition coefficient (Wildman–Crippen LogP) is 0.982. The van der Waals surface area contributed by atoms with E-state index in [1.807, 2.05) is 0 Å². The molecule has 0 saturated carbocycles. The van der Waals surface area contributed by atoms with Crippen molar-refractivity contribution in [3.63, 3.8) is 0 Å². The fraction of sp³-hybridized carbons (Fsp3) is 0.222. The number of amides is 1. The number of carboxylic acids is 1. The monoisotopic (exact) mass is 210 g/mol. The van der Waals surface area contributed by atoms with Crippen LogP contribution in [0.3, 0.4) is 0 Å². The van der Waals surface area contributed by atoms with Crippen molar-refractivity contribution in [3.8, 4) is 0 Å². The molecule has 0 fully saturated rings. The van der Waals surface area contributed by atoms with Crippen LogP contribution in [0.4, 0.5) is 10.6 Å². The molecule has 0 radical (unpaired) electrons. The number of methoxy groups -OCH3 is 1. The molecular formula is C9H10N2O4. The van der Waals surface area contributed by atoms with Gasteiger partial charge < -0.3 is 9.84 Å². The summed E-state index contributed by atoms with van der Waals surface area (Å²) in [6.07, 6.45) is 0.711. The SMILES string of the molecule is COC(=O)N(C)c1cc(C(=O)O)ccn1. The summed E-state index contributed by atoms with van der Waals surface area (Å²) in [5, 5.41) is 8.72. The van der Waals surface area contributed by atoms with Gasteiger partial charge in [0.15, 0.2) is 0 Å². The minimum absolute atomic E-state index is 0.0655. The lowest BCUT2D eigenvalue weighted by Gasteiger charge is -2.14. The number of aromatic nitrogens is 1. The molecule has 1 aromatic heterocycles. The van der Waals surface area contributed by atoms with E-state index in [4.69, 9.17) is 5.11 Å². The van der Waals surface area contributed by atoms with Crippen molar-refractivity contribution < 1.29 is 19.4 Å². The van der Waals surface area contributed by atoms with E-state index in [9.17, 15) is 9.59 Å². The van der Waals surface area contributed by atoms with Gasteiger partial charge in [-0.1, -0.05) is 0 Å². The molecule has 1 N–H and O–H groups in total. The zero-order valence-corrected chi connectivity index (χ0v) is 8.30. The van der Waals surface area contributed by atoms with Crippen LogP contribution in [-0.4, -0.2) is 36.3 Å². The van der Waals surface area contributed by atoms with E-state index >= 15 is 0 Å². The minimum atomic E-state index is -1.07. The fourth-order valence-electron chi connectivity index (χ4n) is 0.965. The van der Waals surface area contributed by atoms with Crippen LogP contribution in [0.15, 0.2) is 18.3 Å². The maximum Gasteiger partial charge on any atom is 0.414 e. The first-order chi connectivity index (χ1) is 7.06. The lowest BCUT2D eigenvalue weighted by molar-refractivity contribution is 0.0696. The number of pyridine rings is 1. The van der Waals surface area contributed by atoms with Crippen LogP contribution in [-0.2, 0) is 4.74 Å². The Labute approximate surface area is 86.1 Å². The van der Waals surface area contributed by atoms with Gasteiger partial charge in [-0.2, -0.15) is 0 Å². The topological polar surface area (TPSA) is 79.7 Å². The number of carboxylic acid groups (broad SMARTS) is 1. The molecule has 0 aliphatic carbocycles. The molecule has 1 rings (SSSR count). The summed E-state index contributed by atoms with van der Waals surface area (Å²) in [6, 6.07) is 2.64. The number of carbonyl (C=O) groups is 2. The molecule has 6 heteroatoms. The standard InChI is InChI=1S/C9H10N2O4/c1-11(9(14)15-2)7-5-6(8(12)13)3-4-10-7/h3-5H,1-2H3,(H,12,13). The van der Waals surface area contributed by atoms with E-state index in [1.165, 1.54) is 32.5 Å². The maximum atomic E-state index is 11.1. The number of ether oxygens (including phenoxy) is 1. The molecule has 0 bridgehead atoms. The first kappa shape index (κ1) is 11.0. The highest BCUT2D eigenvalue weighted by atomic mass is 16.5. The smallest absolute Gasteiger partial charge is 0.414 e. The van der Waals surface area contributed by atoms with Crippen LogP contribution in [0, 0.1) is 0 Å². The summed E-state index contributed by atoms with van der Waals surface area (Å²) in [7, 11) is 2.68. The van der Waals surface area contributed by atoms with Crippen LogP contribution >= 0.6 is 0 Å². The summed E-state index contributed by atoms with van der Waals surface area (Å²) in [5.41, 5.74) is 0.0655. The Morgan fingerprint density at radius 2 is 2.20 bits per heavy atom. The zero-order chi connectivity index (χ0) is 11.4. The molecule has 80 valence electrons. The van der Waals surface area contributed by atoms with Gasteiger partial charge in [-0.25, -0.2) is 14.6 Å². The van der Waals surface area contributed by atoms with E-state index < -0.39 is 12.1 Å². The summed E-state index contributed by atoms with van der Waals surface area (Å²) in [5.74, 6) is -0.848. The number of aromatic carboxylic acids is 1. The van der Waals surface area contributed by atoms with Crippen molar-refractivity contribution in [1.29, 1.82) is 0 Å². The van der Waals surface area contributed by atoms with Crippen molar-refractivity contribution in [2.75, 3.05) is 19.1 Å². The quantitative estimate of drug-likeness (QED) is 0.787. The van der Waals surface area contributed by atoms with Gasteiger partial charge in [0, 0.05) is 13.2 Å². The average Bonchev–Trinajstić information content (AvgIpc) is 2.27. The highest BCUT2D eigenvalue weighted by Crippen LogP contribution is 2.11. The highest BCUT2D eigenvalue weighted by Gasteiger charge is 2.13. The predicted molar refractivity (Wildman–Crippen MR) is 52.0 cm³/mol. The highest BCUT2D eigenvalue weighted by molar-refractivity contribution is 5.91. The fourth-order valence-corrected chi connectivity index (χ4v) is 0.965. The van der Waals surface area contributed by atoms with Crippen LogP contribution in [0.25, 0.3) is 0 Å². The van der Waals surface area contributed by atoms with E-state index in [1.54, 1.807) is 0 Å². The van der Waals surface area contributed by atoms with E-state index in [0.29, 0.717) is 0 Å². The van der Waals surface area contributed by atoms with Crippen LogP contribution in [0.5, 0.6) is 0 Å². The molecule has 0 spiro atoms. The number of rotatable bonds is 2. The molecule has 0 saturated heterocycles. The van der Waals surface area contributed by atoms with Crippen molar-refractivity contribution in [2.45, 2.75) is 0 Å². The second-order valence-corrected chi connectivity index (χ2v) is 2.74. The second-order valence-electron chi connectivity index (χ2n) is 2.74. The Balaban J connectivity index is 3.00. The molecule has 6 nitrogen and oxygen atoms in total. The molecule has 1 aromatic rings. The third-order valence-electron chi connectivity index (χ3n) is 1.78. The molecule has 0 unspecified atom stereocenters. The number of hydrogen-bond donors (Lipinski definition) is 1. The largest absolute Gasteiger partial charge is 0.478 e. The third kappa shape index (κ3) is 2.43. The van der Waals surface area contributed by atoms with Gasteiger partial charge in [0.05, 0.1) is 12.7 Å². The van der Waals surface area contributed by atoms with Gasteiger partial charge in [0.25, 0.3) is 0 Å². The van der Waals surface area contributed by atoms with E-state index in [0.717, 1.165) is 4.90 Å². The number of anilines is 1. The van der Waals surface area contributed by atoms with Crippen LogP contribution in [0.2, 0.25) is 0 Å². The lowest BCUT2D eigenvalue weighted by atomic mass is 10.2. The van der Waals surface area contributed by atoms with Crippen molar-refractivity contribution in [1.82, 2.24) is 4.98 Å². The molecule has 1 heterocycles. The zero-order valence-electron chi connectivity index (χ0n) is 8.30. The average molecular weight is 210 g/mol. The van der Waals surface area contributed by atoms with Gasteiger partial charge >= 0.3 is 12.1 Å². The Morgan fingerprint density at radius 1 is 1.53 bits per heavy atom. The molecule has 1 amide bonds. The van der Waals surface area contributed by atoms with Crippen LogP contribution < -0.4 is 4.90 Å². The summed E-state index contributed by atoms with van der Waals surface area (Å²) >= 11 is 0. The van der Waals surface area contributed by atoms with Crippen molar-refractivity contribution in [2.24, 2.45) is 0 Å². The van der Waals surface area contributed by atoms with Crippen molar-refractivity contribution in [3.05, 3.63) is 23.9 Å². The number of hydrogen-bond acceptors (Lipinski definition) is 4. The molecule has 0 aromatic carbocycles. The molecule has 0 atom stereocenters. The summed E-state index contributed by atoms with van der Waals surface area (Å²) in [6.45, 7) is 0. The van der Waals surface area contributed by atoms with E-state index in [2.05, 4.69) is 9.72 Å². The van der Waals surface area contributed by atoms with Gasteiger partial charge in [-0.3, -0.25) is 4.90 Å². The van der Waals surface area contributed by atoms with Gasteiger partial charge in [-0.05, 0) is 12.1 Å².